The van der Waals surface area contributed by atoms with Crippen molar-refractivity contribution in [2.45, 2.75) is 39.2 Å². The van der Waals surface area contributed by atoms with Crippen LogP contribution < -0.4 is 11.1 Å². The molecule has 3 N–H and O–H groups in total. The third kappa shape index (κ3) is 2.85. The van der Waals surface area contributed by atoms with E-state index >= 15 is 0 Å². The third-order valence-corrected chi connectivity index (χ3v) is 2.83. The van der Waals surface area contributed by atoms with Crippen molar-refractivity contribution in [2.75, 3.05) is 11.1 Å². The molecule has 1 aliphatic carbocycles. The summed E-state index contributed by atoms with van der Waals surface area (Å²) in [5.74, 6) is 1.77. The molecule has 15 heavy (non-hydrogen) atoms. The lowest BCUT2D eigenvalue weighted by atomic mass is 10.1. The van der Waals surface area contributed by atoms with Crippen molar-refractivity contribution >= 4 is 11.5 Å². The van der Waals surface area contributed by atoms with E-state index < -0.39 is 0 Å². The average molecular weight is 205 g/mol. The fraction of sp³-hybridized carbons (Fsp3) is 0.583. The summed E-state index contributed by atoms with van der Waals surface area (Å²) in [6, 6.07) is 4.31. The molecule has 0 bridgehead atoms. The van der Waals surface area contributed by atoms with E-state index in [4.69, 9.17) is 5.73 Å². The number of nitrogen functional groups attached to an aromatic ring is 1. The number of nitrogens with two attached hydrogens (primary N) is 1. The van der Waals surface area contributed by atoms with Gasteiger partial charge in [0.05, 0.1) is 5.69 Å². The molecular weight excluding hydrogens is 186 g/mol. The number of anilines is 2. The van der Waals surface area contributed by atoms with E-state index in [2.05, 4.69) is 17.2 Å². The highest BCUT2D eigenvalue weighted by molar-refractivity contribution is 5.61. The van der Waals surface area contributed by atoms with E-state index in [1.165, 1.54) is 19.3 Å². The van der Waals surface area contributed by atoms with Crippen LogP contribution in [0.5, 0.6) is 0 Å². The van der Waals surface area contributed by atoms with Gasteiger partial charge in [0.15, 0.2) is 0 Å². The molecule has 1 fully saturated rings. The van der Waals surface area contributed by atoms with Gasteiger partial charge in [0.25, 0.3) is 0 Å². The number of aryl methyl sites for hydroxylation is 1. The van der Waals surface area contributed by atoms with Gasteiger partial charge in [-0.15, -0.1) is 0 Å². The molecule has 2 rings (SSSR count). The SMILES string of the molecule is Cc1ccc(N)c(NC(C)CC2CC2)n1. The number of hydrogen-bond acceptors (Lipinski definition) is 3. The van der Waals surface area contributed by atoms with E-state index in [1.54, 1.807) is 0 Å². The van der Waals surface area contributed by atoms with Gasteiger partial charge in [-0.2, -0.15) is 0 Å². The molecule has 1 saturated carbocycles. The fourth-order valence-corrected chi connectivity index (χ4v) is 1.83. The zero-order chi connectivity index (χ0) is 10.8. The van der Waals surface area contributed by atoms with Gasteiger partial charge in [-0.05, 0) is 38.3 Å². The molecule has 1 aliphatic rings. The molecule has 1 aromatic heterocycles. The number of aromatic nitrogens is 1. The Balaban J connectivity index is 1.98. The lowest BCUT2D eigenvalue weighted by molar-refractivity contribution is 0.640. The number of hydrogen-bond donors (Lipinski definition) is 2. The van der Waals surface area contributed by atoms with E-state index in [0.29, 0.717) is 6.04 Å². The van der Waals surface area contributed by atoms with Crippen LogP contribution in [0.2, 0.25) is 0 Å². The Hall–Kier alpha value is -1.25. The van der Waals surface area contributed by atoms with Crippen molar-refractivity contribution < 1.29 is 0 Å². The summed E-state index contributed by atoms with van der Waals surface area (Å²) in [4.78, 5) is 4.40. The van der Waals surface area contributed by atoms with Crippen molar-refractivity contribution in [2.24, 2.45) is 5.92 Å². The minimum Gasteiger partial charge on any atom is -0.396 e. The van der Waals surface area contributed by atoms with Crippen LogP contribution >= 0.6 is 0 Å². The first-order valence-electron chi connectivity index (χ1n) is 5.65. The quantitative estimate of drug-likeness (QED) is 0.794. The monoisotopic (exact) mass is 205 g/mol. The second kappa shape index (κ2) is 4.09. The summed E-state index contributed by atoms with van der Waals surface area (Å²) in [5.41, 5.74) is 7.60. The van der Waals surface area contributed by atoms with Crippen LogP contribution in [0.25, 0.3) is 0 Å². The minimum absolute atomic E-state index is 0.467. The first kappa shape index (κ1) is 10.3. The molecule has 0 aliphatic heterocycles. The molecule has 1 heterocycles. The van der Waals surface area contributed by atoms with Crippen LogP contribution in [0.4, 0.5) is 11.5 Å². The van der Waals surface area contributed by atoms with Gasteiger partial charge < -0.3 is 11.1 Å². The minimum atomic E-state index is 0.467. The van der Waals surface area contributed by atoms with E-state index in [1.807, 2.05) is 19.1 Å². The maximum atomic E-state index is 5.86. The molecule has 0 radical (unpaired) electrons. The molecule has 1 atom stereocenters. The highest BCUT2D eigenvalue weighted by Gasteiger charge is 2.23. The predicted molar refractivity (Wildman–Crippen MR) is 63.8 cm³/mol. The van der Waals surface area contributed by atoms with Crippen LogP contribution in [0.15, 0.2) is 12.1 Å². The van der Waals surface area contributed by atoms with Gasteiger partial charge in [-0.3, -0.25) is 0 Å². The Bertz CT molecular complexity index is 345. The van der Waals surface area contributed by atoms with Crippen molar-refractivity contribution in [1.82, 2.24) is 4.98 Å². The second-order valence-corrected chi connectivity index (χ2v) is 4.61. The molecule has 3 heteroatoms. The molecule has 0 saturated heterocycles. The fourth-order valence-electron chi connectivity index (χ4n) is 1.83. The number of nitrogens with one attached hydrogen (secondary N) is 1. The van der Waals surface area contributed by atoms with Gasteiger partial charge in [-0.25, -0.2) is 4.98 Å². The van der Waals surface area contributed by atoms with Crippen LogP contribution in [-0.2, 0) is 0 Å². The Kier molecular flexibility index (Phi) is 2.80. The lowest BCUT2D eigenvalue weighted by Gasteiger charge is -2.15. The third-order valence-electron chi connectivity index (χ3n) is 2.83. The molecule has 1 aromatic rings. The van der Waals surface area contributed by atoms with Gasteiger partial charge in [0.1, 0.15) is 5.82 Å². The first-order valence-corrected chi connectivity index (χ1v) is 5.65. The molecule has 1 unspecified atom stereocenters. The van der Waals surface area contributed by atoms with Gasteiger partial charge in [-0.1, -0.05) is 12.8 Å². The molecule has 3 nitrogen and oxygen atoms in total. The highest BCUT2D eigenvalue weighted by atomic mass is 15.0. The summed E-state index contributed by atoms with van der Waals surface area (Å²) in [5, 5.41) is 3.39. The molecule has 0 aromatic carbocycles. The lowest BCUT2D eigenvalue weighted by Crippen LogP contribution is -2.18. The maximum absolute atomic E-state index is 5.86. The predicted octanol–water partition coefficient (Wildman–Crippen LogP) is 2.57. The largest absolute Gasteiger partial charge is 0.396 e. The Morgan fingerprint density at radius 3 is 2.93 bits per heavy atom. The zero-order valence-electron chi connectivity index (χ0n) is 9.46. The molecule has 0 spiro atoms. The Morgan fingerprint density at radius 2 is 2.27 bits per heavy atom. The second-order valence-electron chi connectivity index (χ2n) is 4.61. The standard InChI is InChI=1S/C12H19N3/c1-8-3-6-11(13)12(14-8)15-9(2)7-10-4-5-10/h3,6,9-10H,4-5,7,13H2,1-2H3,(H,14,15). The molecule has 0 amide bonds. The topological polar surface area (TPSA) is 50.9 Å². The van der Waals surface area contributed by atoms with Crippen LogP contribution in [-0.4, -0.2) is 11.0 Å². The van der Waals surface area contributed by atoms with E-state index in [9.17, 15) is 0 Å². The van der Waals surface area contributed by atoms with Crippen molar-refractivity contribution in [1.29, 1.82) is 0 Å². The Labute approximate surface area is 91.1 Å². The summed E-state index contributed by atoms with van der Waals surface area (Å²) >= 11 is 0. The zero-order valence-corrected chi connectivity index (χ0v) is 9.46. The summed E-state index contributed by atoms with van der Waals surface area (Å²) in [6.07, 6.45) is 4.01. The smallest absolute Gasteiger partial charge is 0.149 e. The van der Waals surface area contributed by atoms with Gasteiger partial charge in [0, 0.05) is 11.7 Å². The normalized spacial score (nSPS) is 17.5. The summed E-state index contributed by atoms with van der Waals surface area (Å²) in [6.45, 7) is 4.18. The Morgan fingerprint density at radius 1 is 1.53 bits per heavy atom. The summed E-state index contributed by atoms with van der Waals surface area (Å²) < 4.78 is 0. The van der Waals surface area contributed by atoms with E-state index in [0.717, 1.165) is 23.1 Å². The van der Waals surface area contributed by atoms with Crippen LogP contribution in [0.1, 0.15) is 31.9 Å². The number of nitrogens with zero attached hydrogens (tertiary/aromatic N) is 1. The highest BCUT2D eigenvalue weighted by Crippen LogP contribution is 2.34. The van der Waals surface area contributed by atoms with E-state index in [-0.39, 0.29) is 0 Å². The average Bonchev–Trinajstić information content (AvgIpc) is 2.95. The van der Waals surface area contributed by atoms with Crippen LogP contribution in [0, 0.1) is 12.8 Å². The van der Waals surface area contributed by atoms with Crippen molar-refractivity contribution in [3.8, 4) is 0 Å². The maximum Gasteiger partial charge on any atom is 0.149 e. The van der Waals surface area contributed by atoms with Crippen molar-refractivity contribution in [3.05, 3.63) is 17.8 Å². The summed E-state index contributed by atoms with van der Waals surface area (Å²) in [7, 11) is 0. The molecular formula is C12H19N3. The van der Waals surface area contributed by atoms with Crippen molar-refractivity contribution in [3.63, 3.8) is 0 Å². The number of pyridine rings is 1. The molecule has 82 valence electrons. The van der Waals surface area contributed by atoms with Gasteiger partial charge in [0.2, 0.25) is 0 Å². The van der Waals surface area contributed by atoms with Crippen LogP contribution in [0.3, 0.4) is 0 Å². The first-order chi connectivity index (χ1) is 7.15. The van der Waals surface area contributed by atoms with Gasteiger partial charge >= 0.3 is 0 Å². The number of rotatable bonds is 4.